The minimum absolute atomic E-state index is 0.0367. The van der Waals surface area contributed by atoms with E-state index < -0.39 is 0 Å². The van der Waals surface area contributed by atoms with Gasteiger partial charge in [0.25, 0.3) is 0 Å². The summed E-state index contributed by atoms with van der Waals surface area (Å²) in [5.41, 5.74) is 4.65. The first-order chi connectivity index (χ1) is 15.3. The van der Waals surface area contributed by atoms with Crippen molar-refractivity contribution in [3.8, 4) is 5.69 Å². The third-order valence-electron chi connectivity index (χ3n) is 6.41. The molecule has 1 aromatic carbocycles. The number of nitrogens with zero attached hydrogens (tertiary/aromatic N) is 5. The average molecular weight is 417 g/mol. The lowest BCUT2D eigenvalue weighted by molar-refractivity contribution is 0.189. The van der Waals surface area contributed by atoms with Crippen molar-refractivity contribution in [1.82, 2.24) is 25.0 Å². The molecule has 2 aliphatic heterocycles. The summed E-state index contributed by atoms with van der Waals surface area (Å²) in [7, 11) is 0. The van der Waals surface area contributed by atoms with Crippen LogP contribution in [-0.2, 0) is 13.0 Å². The molecule has 160 valence electrons. The fourth-order valence-corrected chi connectivity index (χ4v) is 4.59. The molecular weight excluding hydrogens is 388 g/mol. The van der Waals surface area contributed by atoms with Gasteiger partial charge in [-0.1, -0.05) is 18.2 Å². The fourth-order valence-electron chi connectivity index (χ4n) is 4.59. The molecule has 2 aliphatic rings. The van der Waals surface area contributed by atoms with Crippen LogP contribution in [0.5, 0.6) is 0 Å². The summed E-state index contributed by atoms with van der Waals surface area (Å²) >= 11 is 0. The third kappa shape index (κ3) is 4.26. The molecule has 7 nitrogen and oxygen atoms in total. The van der Waals surface area contributed by atoms with Gasteiger partial charge >= 0.3 is 6.03 Å². The lowest BCUT2D eigenvalue weighted by atomic mass is 9.96. The molecule has 0 aliphatic carbocycles. The van der Waals surface area contributed by atoms with Gasteiger partial charge in [0.2, 0.25) is 0 Å². The zero-order chi connectivity index (χ0) is 21.0. The lowest BCUT2D eigenvalue weighted by Gasteiger charge is -2.34. The summed E-state index contributed by atoms with van der Waals surface area (Å²) < 4.78 is 2.00. The zero-order valence-corrected chi connectivity index (χ0v) is 17.7. The van der Waals surface area contributed by atoms with Crippen molar-refractivity contribution in [2.75, 3.05) is 31.1 Å². The lowest BCUT2D eigenvalue weighted by Crippen LogP contribution is -2.45. The predicted molar refractivity (Wildman–Crippen MR) is 120 cm³/mol. The van der Waals surface area contributed by atoms with Crippen LogP contribution in [0.25, 0.3) is 5.69 Å². The molecular formula is C24H28N6O. The van der Waals surface area contributed by atoms with Crippen LogP contribution >= 0.6 is 0 Å². The topological polar surface area (TPSA) is 66.3 Å². The number of urea groups is 1. The van der Waals surface area contributed by atoms with Crippen LogP contribution in [0.15, 0.2) is 61.1 Å². The Balaban J connectivity index is 1.12. The number of rotatable bonds is 4. The van der Waals surface area contributed by atoms with Gasteiger partial charge < -0.3 is 15.1 Å². The highest BCUT2D eigenvalue weighted by Gasteiger charge is 2.26. The zero-order valence-electron chi connectivity index (χ0n) is 17.7. The molecule has 1 fully saturated rings. The summed E-state index contributed by atoms with van der Waals surface area (Å²) in [6.45, 7) is 4.13. The minimum Gasteiger partial charge on any atom is -0.371 e. The highest BCUT2D eigenvalue weighted by Crippen LogP contribution is 2.24. The van der Waals surface area contributed by atoms with Crippen molar-refractivity contribution in [2.24, 2.45) is 5.92 Å². The van der Waals surface area contributed by atoms with E-state index in [4.69, 9.17) is 0 Å². The summed E-state index contributed by atoms with van der Waals surface area (Å²) in [6, 6.07) is 14.3. The normalized spacial score (nSPS) is 16.8. The van der Waals surface area contributed by atoms with Gasteiger partial charge in [-0.15, -0.1) is 0 Å². The third-order valence-corrected chi connectivity index (χ3v) is 6.41. The van der Waals surface area contributed by atoms with Gasteiger partial charge in [-0.05, 0) is 43.0 Å². The molecule has 31 heavy (non-hydrogen) atoms. The minimum atomic E-state index is 0.0367. The molecule has 7 heteroatoms. The van der Waals surface area contributed by atoms with E-state index in [0.29, 0.717) is 12.5 Å². The van der Waals surface area contributed by atoms with Crippen LogP contribution in [0.3, 0.4) is 0 Å². The Labute approximate surface area is 182 Å². The predicted octanol–water partition coefficient (Wildman–Crippen LogP) is 3.25. The molecule has 0 atom stereocenters. The Morgan fingerprint density at radius 2 is 1.77 bits per heavy atom. The average Bonchev–Trinajstić information content (AvgIpc) is 3.27. The first-order valence-corrected chi connectivity index (χ1v) is 11.1. The molecule has 4 heterocycles. The summed E-state index contributed by atoms with van der Waals surface area (Å²) in [4.78, 5) is 21.2. The largest absolute Gasteiger partial charge is 0.371 e. The number of para-hydroxylation sites is 1. The smallest absolute Gasteiger partial charge is 0.317 e. The van der Waals surface area contributed by atoms with Crippen molar-refractivity contribution in [3.05, 3.63) is 72.3 Å². The van der Waals surface area contributed by atoms with E-state index in [1.54, 1.807) is 0 Å². The maximum Gasteiger partial charge on any atom is 0.317 e. The number of carbonyl (C=O) groups is 1. The monoisotopic (exact) mass is 416 g/mol. The van der Waals surface area contributed by atoms with Crippen LogP contribution in [0.1, 0.15) is 24.1 Å². The SMILES string of the molecule is O=C(NCC1CCN(c2ccncc2)CC1)N1CCc2c(cnn2-c2ccccc2)C1. The van der Waals surface area contributed by atoms with Crippen LogP contribution in [0.2, 0.25) is 0 Å². The van der Waals surface area contributed by atoms with Crippen LogP contribution in [0, 0.1) is 5.92 Å². The van der Waals surface area contributed by atoms with E-state index >= 15 is 0 Å². The van der Waals surface area contributed by atoms with Crippen LogP contribution in [0.4, 0.5) is 10.5 Å². The summed E-state index contributed by atoms with van der Waals surface area (Å²) in [5, 5.41) is 7.74. The Morgan fingerprint density at radius 1 is 1.00 bits per heavy atom. The van der Waals surface area contributed by atoms with Gasteiger partial charge in [0.1, 0.15) is 0 Å². The number of hydrogen-bond donors (Lipinski definition) is 1. The van der Waals surface area contributed by atoms with Crippen molar-refractivity contribution in [1.29, 1.82) is 0 Å². The van der Waals surface area contributed by atoms with E-state index in [1.165, 1.54) is 11.4 Å². The van der Waals surface area contributed by atoms with E-state index in [-0.39, 0.29) is 6.03 Å². The molecule has 0 radical (unpaired) electrons. The van der Waals surface area contributed by atoms with E-state index in [9.17, 15) is 4.79 Å². The molecule has 2 amide bonds. The number of anilines is 1. The second-order valence-electron chi connectivity index (χ2n) is 8.36. The number of amides is 2. The molecule has 0 saturated carbocycles. The molecule has 0 bridgehead atoms. The number of fused-ring (bicyclic) bond motifs is 1. The second-order valence-corrected chi connectivity index (χ2v) is 8.36. The first-order valence-electron chi connectivity index (χ1n) is 11.1. The van der Waals surface area contributed by atoms with Crippen LogP contribution in [-0.4, -0.2) is 51.9 Å². The molecule has 0 spiro atoms. The number of hydrogen-bond acceptors (Lipinski definition) is 4. The number of piperidine rings is 1. The molecule has 5 rings (SSSR count). The van der Waals surface area contributed by atoms with Crippen molar-refractivity contribution in [2.45, 2.75) is 25.8 Å². The van der Waals surface area contributed by atoms with Gasteiger partial charge in [-0.25, -0.2) is 9.48 Å². The maximum absolute atomic E-state index is 12.8. The highest BCUT2D eigenvalue weighted by molar-refractivity contribution is 5.74. The molecule has 3 aromatic rings. The van der Waals surface area contributed by atoms with Crippen LogP contribution < -0.4 is 10.2 Å². The summed E-state index contributed by atoms with van der Waals surface area (Å²) in [6.07, 6.45) is 8.59. The highest BCUT2D eigenvalue weighted by atomic mass is 16.2. The summed E-state index contributed by atoms with van der Waals surface area (Å²) in [5.74, 6) is 0.531. The Hall–Kier alpha value is -3.35. The van der Waals surface area contributed by atoms with E-state index in [2.05, 4.69) is 44.6 Å². The number of pyridine rings is 1. The number of aromatic nitrogens is 3. The first kappa shape index (κ1) is 19.6. The molecule has 1 N–H and O–H groups in total. The Morgan fingerprint density at radius 3 is 2.55 bits per heavy atom. The van der Waals surface area contributed by atoms with Gasteiger partial charge in [0.15, 0.2) is 0 Å². The van der Waals surface area contributed by atoms with E-state index in [1.807, 2.05) is 46.4 Å². The van der Waals surface area contributed by atoms with Gasteiger partial charge in [-0.3, -0.25) is 4.98 Å². The quantitative estimate of drug-likeness (QED) is 0.709. The molecule has 0 unspecified atom stereocenters. The fraction of sp³-hybridized carbons (Fsp3) is 0.375. The Kier molecular flexibility index (Phi) is 5.56. The number of nitrogens with one attached hydrogen (secondary N) is 1. The van der Waals surface area contributed by atoms with E-state index in [0.717, 1.165) is 56.7 Å². The molecule has 2 aromatic heterocycles. The molecule has 1 saturated heterocycles. The number of benzene rings is 1. The standard InChI is InChI=1S/C24H28N6O/c31-24(26-16-19-8-13-28(14-9-19)21-6-11-25-12-7-21)29-15-10-23-20(18-29)17-27-30(23)22-4-2-1-3-5-22/h1-7,11-12,17,19H,8-10,13-16,18H2,(H,26,31). The Bertz CT molecular complexity index is 1010. The van der Waals surface area contributed by atoms with Gasteiger partial charge in [0, 0.05) is 56.2 Å². The van der Waals surface area contributed by atoms with Crippen molar-refractivity contribution < 1.29 is 4.79 Å². The van der Waals surface area contributed by atoms with Crippen molar-refractivity contribution in [3.63, 3.8) is 0 Å². The second kappa shape index (κ2) is 8.79. The van der Waals surface area contributed by atoms with Crippen molar-refractivity contribution >= 4 is 11.7 Å². The maximum atomic E-state index is 12.8. The van der Waals surface area contributed by atoms with Gasteiger partial charge in [0.05, 0.1) is 24.1 Å². The van der Waals surface area contributed by atoms with Gasteiger partial charge in [-0.2, -0.15) is 5.10 Å². The number of carbonyl (C=O) groups excluding carboxylic acids is 1.